The van der Waals surface area contributed by atoms with Gasteiger partial charge in [0, 0.05) is 13.1 Å². The lowest BCUT2D eigenvalue weighted by Crippen LogP contribution is -2.39. The van der Waals surface area contributed by atoms with Crippen molar-refractivity contribution in [2.45, 2.75) is 44.8 Å². The van der Waals surface area contributed by atoms with Gasteiger partial charge >= 0.3 is 11.6 Å². The lowest BCUT2D eigenvalue weighted by Gasteiger charge is -2.31. The van der Waals surface area contributed by atoms with Crippen molar-refractivity contribution in [3.05, 3.63) is 29.3 Å². The largest absolute Gasteiger partial charge is 0.479 e. The highest BCUT2D eigenvalue weighted by molar-refractivity contribution is 7.95. The van der Waals surface area contributed by atoms with Gasteiger partial charge in [-0.2, -0.15) is 13.2 Å². The van der Waals surface area contributed by atoms with Crippen LogP contribution in [0.1, 0.15) is 31.9 Å². The smallest absolute Gasteiger partial charge is 0.444 e. The zero-order valence-corrected chi connectivity index (χ0v) is 13.9. The molecule has 8 heteroatoms. The zero-order chi connectivity index (χ0) is 17.3. The number of carbonyl (C=O) groups is 1. The summed E-state index contributed by atoms with van der Waals surface area (Å²) in [5.41, 5.74) is -3.25. The van der Waals surface area contributed by atoms with E-state index in [1.54, 1.807) is 37.8 Å². The minimum Gasteiger partial charge on any atom is -0.444 e. The number of amides is 1. The molecule has 0 bridgehead atoms. The molecule has 23 heavy (non-hydrogen) atoms. The van der Waals surface area contributed by atoms with Gasteiger partial charge in [-0.25, -0.2) is 4.79 Å². The summed E-state index contributed by atoms with van der Waals surface area (Å²) in [7, 11) is 0. The Morgan fingerprint density at radius 2 is 1.91 bits per heavy atom. The number of carbonyl (C=O) groups excluding carboxylic acids is 1. The van der Waals surface area contributed by atoms with Crippen LogP contribution in [0, 0.1) is 0 Å². The second kappa shape index (κ2) is 6.51. The maximum absolute atomic E-state index is 12.1. The first-order valence-corrected chi connectivity index (χ1v) is 7.80. The minimum absolute atomic E-state index is 0.150. The summed E-state index contributed by atoms with van der Waals surface area (Å²) in [4.78, 5) is 13.6. The van der Waals surface area contributed by atoms with Gasteiger partial charge in [0.05, 0.1) is 0 Å². The van der Waals surface area contributed by atoms with E-state index < -0.39 is 29.2 Å². The Morgan fingerprint density at radius 3 is 2.52 bits per heavy atom. The summed E-state index contributed by atoms with van der Waals surface area (Å²) < 4.78 is 46.4. The Kier molecular flexibility index (Phi) is 5.03. The number of hydrogen-bond donors (Lipinski definition) is 0. The zero-order valence-electron chi connectivity index (χ0n) is 13.1. The van der Waals surface area contributed by atoms with Gasteiger partial charge in [0.2, 0.25) is 0 Å². The van der Waals surface area contributed by atoms with Gasteiger partial charge in [0.1, 0.15) is 11.4 Å². The third-order valence-corrected chi connectivity index (χ3v) is 3.54. The molecule has 1 aromatic carbocycles. The van der Waals surface area contributed by atoms with Gasteiger partial charge in [0.15, 0.2) is 12.0 Å². The van der Waals surface area contributed by atoms with Gasteiger partial charge in [-0.15, -0.1) is 0 Å². The van der Waals surface area contributed by atoms with Crippen LogP contribution < -0.4 is 4.18 Å². The van der Waals surface area contributed by atoms with Crippen LogP contribution in [0.4, 0.5) is 18.0 Å². The quantitative estimate of drug-likeness (QED) is 0.736. The number of benzene rings is 1. The van der Waals surface area contributed by atoms with Crippen LogP contribution in [-0.2, 0) is 17.7 Å². The fourth-order valence-corrected chi connectivity index (χ4v) is 2.45. The van der Waals surface area contributed by atoms with Crippen molar-refractivity contribution < 1.29 is 26.9 Å². The third kappa shape index (κ3) is 5.53. The van der Waals surface area contributed by atoms with Crippen molar-refractivity contribution in [3.63, 3.8) is 0 Å². The first-order valence-electron chi connectivity index (χ1n) is 7.06. The second-order valence-electron chi connectivity index (χ2n) is 6.19. The van der Waals surface area contributed by atoms with Gasteiger partial charge in [0.25, 0.3) is 0 Å². The predicted molar refractivity (Wildman–Crippen MR) is 81.1 cm³/mol. The topological polar surface area (TPSA) is 38.8 Å². The van der Waals surface area contributed by atoms with Crippen molar-refractivity contribution in [2.24, 2.45) is 0 Å². The summed E-state index contributed by atoms with van der Waals surface area (Å²) in [6.07, 6.45) is 0.152. The molecular weight excluding hydrogens is 331 g/mol. The molecule has 0 aliphatic carbocycles. The molecular formula is C15H18F3NO3S. The van der Waals surface area contributed by atoms with E-state index in [1.807, 2.05) is 0 Å². The molecule has 1 aromatic rings. The van der Waals surface area contributed by atoms with Crippen molar-refractivity contribution in [3.8, 4) is 5.75 Å². The number of ether oxygens (including phenoxy) is 1. The van der Waals surface area contributed by atoms with Crippen molar-refractivity contribution >= 4 is 18.1 Å². The highest BCUT2D eigenvalue weighted by Crippen LogP contribution is 2.34. The fourth-order valence-electron chi connectivity index (χ4n) is 2.16. The number of rotatable bonds is 2. The molecule has 0 radical (unpaired) electrons. The van der Waals surface area contributed by atoms with Gasteiger partial charge in [-0.1, -0.05) is 6.07 Å². The summed E-state index contributed by atoms with van der Waals surface area (Å²) in [6, 6.07) is 4.73. The van der Waals surface area contributed by atoms with Crippen LogP contribution in [0.3, 0.4) is 0 Å². The molecule has 0 aromatic heterocycles. The van der Waals surface area contributed by atoms with Crippen molar-refractivity contribution in [1.29, 1.82) is 0 Å². The minimum atomic E-state index is -4.44. The molecule has 1 aliphatic rings. The SMILES string of the molecule is CC(C)(C)OC(=O)N1CCc2cc(OSC(F)(F)F)ccc2C1. The van der Waals surface area contributed by atoms with E-state index in [0.29, 0.717) is 19.5 Å². The maximum Gasteiger partial charge on any atom is 0.479 e. The first-order chi connectivity index (χ1) is 10.5. The monoisotopic (exact) mass is 349 g/mol. The highest BCUT2D eigenvalue weighted by Gasteiger charge is 2.32. The lowest BCUT2D eigenvalue weighted by atomic mass is 10.00. The highest BCUT2D eigenvalue weighted by atomic mass is 32.2. The van der Waals surface area contributed by atoms with E-state index in [1.165, 1.54) is 6.07 Å². The summed E-state index contributed by atoms with van der Waals surface area (Å²) in [6.45, 7) is 6.22. The Balaban J connectivity index is 2.01. The van der Waals surface area contributed by atoms with Crippen LogP contribution in [0.5, 0.6) is 5.75 Å². The van der Waals surface area contributed by atoms with Crippen molar-refractivity contribution in [2.75, 3.05) is 6.54 Å². The molecule has 1 aliphatic heterocycles. The molecule has 0 spiro atoms. The number of hydrogen-bond acceptors (Lipinski definition) is 4. The molecule has 0 saturated heterocycles. The van der Waals surface area contributed by atoms with E-state index in [-0.39, 0.29) is 5.75 Å². The predicted octanol–water partition coefficient (Wildman–Crippen LogP) is 4.53. The molecule has 2 rings (SSSR count). The number of alkyl halides is 3. The lowest BCUT2D eigenvalue weighted by molar-refractivity contribution is -0.0369. The fraction of sp³-hybridized carbons (Fsp3) is 0.533. The average molecular weight is 349 g/mol. The van der Waals surface area contributed by atoms with E-state index in [9.17, 15) is 18.0 Å². The Morgan fingerprint density at radius 1 is 1.22 bits per heavy atom. The molecule has 0 fully saturated rings. The molecule has 1 heterocycles. The molecule has 1 amide bonds. The molecule has 128 valence electrons. The number of fused-ring (bicyclic) bond motifs is 1. The van der Waals surface area contributed by atoms with E-state index >= 15 is 0 Å². The molecule has 0 saturated carbocycles. The summed E-state index contributed by atoms with van der Waals surface area (Å²) in [5.74, 6) is 0.150. The third-order valence-electron chi connectivity index (χ3n) is 3.07. The molecule has 0 N–H and O–H groups in total. The second-order valence-corrected chi connectivity index (χ2v) is 6.99. The van der Waals surface area contributed by atoms with Gasteiger partial charge in [-0.3, -0.25) is 0 Å². The summed E-state index contributed by atoms with van der Waals surface area (Å²) >= 11 is -0.535. The van der Waals surface area contributed by atoms with Gasteiger partial charge in [-0.05, 0) is 50.5 Å². The Hall–Kier alpha value is -1.57. The standard InChI is InChI=1S/C15H18F3NO3S/c1-14(2,3)21-13(20)19-7-6-10-8-12(5-4-11(10)9-19)22-23-15(16,17)18/h4-5,8H,6-7,9H2,1-3H3. The van der Waals surface area contributed by atoms with Crippen LogP contribution >= 0.6 is 12.0 Å². The number of halogens is 3. The molecule has 0 unspecified atom stereocenters. The Labute approximate surface area is 137 Å². The van der Waals surface area contributed by atoms with E-state index in [2.05, 4.69) is 4.18 Å². The summed E-state index contributed by atoms with van der Waals surface area (Å²) in [5, 5.41) is 0. The van der Waals surface area contributed by atoms with Crippen LogP contribution in [0.25, 0.3) is 0 Å². The number of nitrogens with zero attached hydrogens (tertiary/aromatic N) is 1. The first kappa shape index (κ1) is 17.8. The molecule has 0 atom stereocenters. The van der Waals surface area contributed by atoms with Crippen LogP contribution in [-0.4, -0.2) is 28.6 Å². The average Bonchev–Trinajstić information content (AvgIpc) is 2.41. The van der Waals surface area contributed by atoms with Crippen molar-refractivity contribution in [1.82, 2.24) is 4.90 Å². The maximum atomic E-state index is 12.1. The van der Waals surface area contributed by atoms with E-state index in [0.717, 1.165) is 11.1 Å². The van der Waals surface area contributed by atoms with E-state index in [4.69, 9.17) is 4.74 Å². The van der Waals surface area contributed by atoms with Crippen LogP contribution in [0.15, 0.2) is 18.2 Å². The van der Waals surface area contributed by atoms with Gasteiger partial charge < -0.3 is 13.8 Å². The molecule has 4 nitrogen and oxygen atoms in total. The normalized spacial score (nSPS) is 15.1. The van der Waals surface area contributed by atoms with Crippen LogP contribution in [0.2, 0.25) is 0 Å². The Bertz CT molecular complexity index is 584.